The maximum Gasteiger partial charge on any atom is 0.137 e. The van der Waals surface area contributed by atoms with Crippen molar-refractivity contribution < 1.29 is 9.47 Å². The number of hydrogen-bond acceptors (Lipinski definition) is 4. The number of ether oxygens (including phenoxy) is 2. The smallest absolute Gasteiger partial charge is 0.137 e. The van der Waals surface area contributed by atoms with Crippen LogP contribution in [-0.2, 0) is 9.47 Å². The van der Waals surface area contributed by atoms with Crippen molar-refractivity contribution in [3.63, 3.8) is 0 Å². The summed E-state index contributed by atoms with van der Waals surface area (Å²) in [5.41, 5.74) is 2.49. The summed E-state index contributed by atoms with van der Waals surface area (Å²) in [6.45, 7) is 4.42. The van der Waals surface area contributed by atoms with Crippen LogP contribution in [0.25, 0.3) is 0 Å². The molecule has 0 spiro atoms. The van der Waals surface area contributed by atoms with Crippen molar-refractivity contribution in [2.24, 2.45) is 10.8 Å². The predicted molar refractivity (Wildman–Crippen MR) is 52.6 cm³/mol. The van der Waals surface area contributed by atoms with Gasteiger partial charge in [0.1, 0.15) is 12.4 Å². The monoisotopic (exact) mass is 189 g/mol. The first-order chi connectivity index (χ1) is 6.35. The van der Waals surface area contributed by atoms with Crippen LogP contribution in [0.1, 0.15) is 13.3 Å². The Hall–Kier alpha value is -0.650. The summed E-state index contributed by atoms with van der Waals surface area (Å²) in [6.07, 6.45) is 0.996. The summed E-state index contributed by atoms with van der Waals surface area (Å²) in [4.78, 5) is 4.13. The maximum atomic E-state index is 5.25. The Morgan fingerprint density at radius 1 is 1.46 bits per heavy atom. The number of nitrogens with zero attached hydrogens (tertiary/aromatic N) is 1. The molecule has 5 nitrogen and oxygen atoms in total. The zero-order chi connectivity index (χ0) is 9.94. The van der Waals surface area contributed by atoms with Gasteiger partial charge in [0.25, 0.3) is 0 Å². The lowest BCUT2D eigenvalue weighted by atomic mass is 10.5. The molecule has 0 aromatic carbocycles. The average molecular weight is 189 g/mol. The van der Waals surface area contributed by atoms with Crippen LogP contribution in [0.5, 0.6) is 0 Å². The van der Waals surface area contributed by atoms with Crippen molar-refractivity contribution in [3.05, 3.63) is 0 Å². The lowest BCUT2D eigenvalue weighted by molar-refractivity contribution is 0.169. The molecular weight excluding hydrogens is 170 g/mol. The fourth-order valence-electron chi connectivity index (χ4n) is 0.718. The molecule has 0 saturated heterocycles. The van der Waals surface area contributed by atoms with Gasteiger partial charge < -0.3 is 14.9 Å². The van der Waals surface area contributed by atoms with Crippen molar-refractivity contribution in [2.75, 3.05) is 33.5 Å². The van der Waals surface area contributed by atoms with Gasteiger partial charge in [-0.05, 0) is 6.42 Å². The Balaban J connectivity index is 3.54. The molecule has 0 unspecified atom stereocenters. The van der Waals surface area contributed by atoms with E-state index < -0.39 is 0 Å². The number of hydrogen-bond donors (Lipinski definition) is 2. The predicted octanol–water partition coefficient (Wildman–Crippen LogP) is -0.0788. The Kier molecular flexibility index (Phi) is 8.97. The number of nitrogens with one attached hydrogen (secondary N) is 1. The van der Waals surface area contributed by atoms with Gasteiger partial charge >= 0.3 is 0 Å². The third kappa shape index (κ3) is 7.70. The first kappa shape index (κ1) is 12.3. The normalized spacial score (nSPS) is 11.8. The summed E-state index contributed by atoms with van der Waals surface area (Å²) in [6, 6.07) is 0. The molecule has 0 heterocycles. The van der Waals surface area contributed by atoms with Crippen LogP contribution in [-0.4, -0.2) is 39.3 Å². The molecule has 78 valence electrons. The van der Waals surface area contributed by atoms with E-state index in [2.05, 4.69) is 17.3 Å². The number of amidine groups is 1. The Bertz CT molecular complexity index is 139. The highest BCUT2D eigenvalue weighted by Crippen LogP contribution is 1.82. The van der Waals surface area contributed by atoms with E-state index in [1.807, 2.05) is 0 Å². The maximum absolute atomic E-state index is 5.25. The van der Waals surface area contributed by atoms with Crippen molar-refractivity contribution in [1.82, 2.24) is 5.43 Å². The third-order valence-electron chi connectivity index (χ3n) is 1.35. The number of hydrazine groups is 1. The number of rotatable bonds is 7. The number of aliphatic imine (C=N–C) groups is 1. The summed E-state index contributed by atoms with van der Waals surface area (Å²) < 4.78 is 10.1. The summed E-state index contributed by atoms with van der Waals surface area (Å²) in [7, 11) is 1.64. The molecule has 0 fully saturated rings. The molecule has 3 N–H and O–H groups in total. The minimum atomic E-state index is 0.439. The van der Waals surface area contributed by atoms with Gasteiger partial charge in [-0.2, -0.15) is 0 Å². The molecule has 0 rings (SSSR count). The van der Waals surface area contributed by atoms with Crippen LogP contribution in [0.4, 0.5) is 0 Å². The standard InChI is InChI=1S/C8H19N3O2/c1-3-5-13-7-8(11-9)10-4-6-12-2/h3-7,9H2,1-2H3,(H,10,11). The van der Waals surface area contributed by atoms with E-state index in [0.717, 1.165) is 13.0 Å². The highest BCUT2D eigenvalue weighted by Gasteiger charge is 1.95. The quantitative estimate of drug-likeness (QED) is 0.193. The number of nitrogens with two attached hydrogens (primary N) is 1. The van der Waals surface area contributed by atoms with Crippen LogP contribution in [0.2, 0.25) is 0 Å². The minimum Gasteiger partial charge on any atom is -0.383 e. The first-order valence-electron chi connectivity index (χ1n) is 4.41. The molecular formula is C8H19N3O2. The van der Waals surface area contributed by atoms with Crippen molar-refractivity contribution in [2.45, 2.75) is 13.3 Å². The molecule has 0 amide bonds. The SMILES string of the molecule is CCCOCC(=NCCOC)NN. The minimum absolute atomic E-state index is 0.439. The fraction of sp³-hybridized carbons (Fsp3) is 0.875. The second-order valence-corrected chi connectivity index (χ2v) is 2.52. The fourth-order valence-corrected chi connectivity index (χ4v) is 0.718. The van der Waals surface area contributed by atoms with Gasteiger partial charge in [0.15, 0.2) is 0 Å². The molecule has 13 heavy (non-hydrogen) atoms. The Morgan fingerprint density at radius 2 is 2.23 bits per heavy atom. The van der Waals surface area contributed by atoms with E-state index in [4.69, 9.17) is 15.3 Å². The van der Waals surface area contributed by atoms with Gasteiger partial charge in [-0.3, -0.25) is 4.99 Å². The van der Waals surface area contributed by atoms with E-state index in [-0.39, 0.29) is 0 Å². The van der Waals surface area contributed by atoms with Crippen molar-refractivity contribution in [1.29, 1.82) is 0 Å². The molecule has 0 aliphatic carbocycles. The lowest BCUT2D eigenvalue weighted by Crippen LogP contribution is -2.34. The van der Waals surface area contributed by atoms with Crippen LogP contribution in [0.15, 0.2) is 4.99 Å². The molecule has 0 radical (unpaired) electrons. The van der Waals surface area contributed by atoms with Gasteiger partial charge in [-0.15, -0.1) is 0 Å². The average Bonchev–Trinajstić information content (AvgIpc) is 2.16. The third-order valence-corrected chi connectivity index (χ3v) is 1.35. The molecule has 0 aromatic heterocycles. The van der Waals surface area contributed by atoms with Gasteiger partial charge in [-0.25, -0.2) is 5.84 Å². The highest BCUT2D eigenvalue weighted by atomic mass is 16.5. The zero-order valence-corrected chi connectivity index (χ0v) is 8.38. The molecule has 0 saturated carbocycles. The van der Waals surface area contributed by atoms with E-state index in [1.54, 1.807) is 7.11 Å². The van der Waals surface area contributed by atoms with Crippen molar-refractivity contribution >= 4 is 5.84 Å². The summed E-state index contributed by atoms with van der Waals surface area (Å²) >= 11 is 0. The van der Waals surface area contributed by atoms with E-state index in [1.165, 1.54) is 0 Å². The molecule has 5 heteroatoms. The second kappa shape index (κ2) is 9.44. The van der Waals surface area contributed by atoms with Crippen LogP contribution >= 0.6 is 0 Å². The van der Waals surface area contributed by atoms with Gasteiger partial charge in [0.05, 0.1) is 13.2 Å². The molecule has 0 atom stereocenters. The van der Waals surface area contributed by atoms with Crippen molar-refractivity contribution in [3.8, 4) is 0 Å². The zero-order valence-electron chi connectivity index (χ0n) is 8.38. The Labute approximate surface area is 79.3 Å². The molecule has 0 aliphatic rings. The molecule has 0 bridgehead atoms. The lowest BCUT2D eigenvalue weighted by Gasteiger charge is -2.05. The van der Waals surface area contributed by atoms with Crippen LogP contribution < -0.4 is 11.3 Å². The van der Waals surface area contributed by atoms with E-state index in [9.17, 15) is 0 Å². The topological polar surface area (TPSA) is 68.9 Å². The van der Waals surface area contributed by atoms with Crippen LogP contribution in [0, 0.1) is 0 Å². The second-order valence-electron chi connectivity index (χ2n) is 2.52. The van der Waals surface area contributed by atoms with Gasteiger partial charge in [0, 0.05) is 13.7 Å². The summed E-state index contributed by atoms with van der Waals surface area (Å²) in [5, 5.41) is 0. The Morgan fingerprint density at radius 3 is 2.77 bits per heavy atom. The van der Waals surface area contributed by atoms with Gasteiger partial charge in [0.2, 0.25) is 0 Å². The first-order valence-corrected chi connectivity index (χ1v) is 4.41. The van der Waals surface area contributed by atoms with Gasteiger partial charge in [-0.1, -0.05) is 6.92 Å². The van der Waals surface area contributed by atoms with Crippen LogP contribution in [0.3, 0.4) is 0 Å². The largest absolute Gasteiger partial charge is 0.383 e. The highest BCUT2D eigenvalue weighted by molar-refractivity contribution is 5.82. The molecule has 0 aliphatic heterocycles. The van der Waals surface area contributed by atoms with E-state index >= 15 is 0 Å². The molecule has 0 aromatic rings. The van der Waals surface area contributed by atoms with E-state index in [0.29, 0.717) is 25.6 Å². The summed E-state index contributed by atoms with van der Waals surface area (Å²) in [5.74, 6) is 5.89. The number of methoxy groups -OCH3 is 1.